The van der Waals surface area contributed by atoms with Crippen LogP contribution in [0, 0.1) is 0 Å². The van der Waals surface area contributed by atoms with E-state index in [4.69, 9.17) is 10.5 Å². The van der Waals surface area contributed by atoms with Crippen molar-refractivity contribution in [2.24, 2.45) is 5.73 Å². The number of carbonyl (C=O) groups excluding carboxylic acids is 2. The van der Waals surface area contributed by atoms with Gasteiger partial charge in [0.15, 0.2) is 0 Å². The lowest BCUT2D eigenvalue weighted by Gasteiger charge is -2.16. The van der Waals surface area contributed by atoms with Crippen LogP contribution in [0.2, 0.25) is 0 Å². The molecule has 0 aliphatic heterocycles. The highest BCUT2D eigenvalue weighted by Gasteiger charge is 2.22. The third-order valence-corrected chi connectivity index (χ3v) is 5.52. The molecule has 2 aromatic rings. The molecule has 10 heteroatoms. The number of nitrogens with zero attached hydrogens (tertiary/aromatic N) is 1. The Hall–Kier alpha value is -3.69. The minimum atomic E-state index is -1.17. The topological polar surface area (TPSA) is 164 Å². The monoisotopic (exact) mass is 486 g/mol. The number of nitrogens with two attached hydrogens (primary N) is 1. The summed E-state index contributed by atoms with van der Waals surface area (Å²) in [5, 5.41) is 12.0. The van der Waals surface area contributed by atoms with Gasteiger partial charge in [-0.3, -0.25) is 14.4 Å². The summed E-state index contributed by atoms with van der Waals surface area (Å²) in [6.07, 6.45) is 3.05. The zero-order valence-electron chi connectivity index (χ0n) is 20.5. The highest BCUT2D eigenvalue weighted by molar-refractivity contribution is 5.98. The zero-order valence-corrected chi connectivity index (χ0v) is 20.5. The van der Waals surface area contributed by atoms with Crippen LogP contribution >= 0.6 is 0 Å². The van der Waals surface area contributed by atoms with Gasteiger partial charge in [-0.25, -0.2) is 9.78 Å². The number of unbranched alkanes of at least 4 members (excludes halogenated alkanes) is 1. The third-order valence-electron chi connectivity index (χ3n) is 5.52. The zero-order chi connectivity index (χ0) is 26.0. The first kappa shape index (κ1) is 27.6. The van der Waals surface area contributed by atoms with Gasteiger partial charge in [-0.15, -0.1) is 0 Å². The molecule has 10 nitrogen and oxygen atoms in total. The lowest BCUT2D eigenvalue weighted by atomic mass is 10.0. The van der Waals surface area contributed by atoms with E-state index in [-0.39, 0.29) is 29.8 Å². The molecule has 0 saturated carbocycles. The van der Waals surface area contributed by atoms with Crippen LogP contribution in [0.5, 0.6) is 5.75 Å². The standard InChI is InChI=1S/C25H34N4O6/c1-4-13-35-20-12-11-15(23(31)28-19(25(33)34)9-7-8-10-21(26)30)14-17(20)22-27-18(6-3)16(5-2)24(32)29-22/h11-12,14,19H,4-10,13H2,1-3H3,(H2,26,30)(H,28,31)(H,33,34)(H,27,29,32). The Kier molecular flexibility index (Phi) is 10.4. The molecule has 35 heavy (non-hydrogen) atoms. The average Bonchev–Trinajstić information content (AvgIpc) is 2.83. The molecule has 0 saturated heterocycles. The number of aromatic nitrogens is 2. The summed E-state index contributed by atoms with van der Waals surface area (Å²) in [6, 6.07) is 3.57. The lowest BCUT2D eigenvalue weighted by Crippen LogP contribution is -2.40. The van der Waals surface area contributed by atoms with Crippen molar-refractivity contribution in [1.82, 2.24) is 15.3 Å². The van der Waals surface area contributed by atoms with E-state index in [0.717, 1.165) is 6.42 Å². The van der Waals surface area contributed by atoms with Crippen LogP contribution in [0.1, 0.15) is 74.5 Å². The van der Waals surface area contributed by atoms with Gasteiger partial charge in [-0.1, -0.05) is 27.2 Å². The fraction of sp³-hybridized carbons (Fsp3) is 0.480. The molecule has 1 aromatic heterocycles. The maximum atomic E-state index is 12.9. The minimum Gasteiger partial charge on any atom is -0.493 e. The second kappa shape index (κ2) is 13.3. The van der Waals surface area contributed by atoms with E-state index in [0.29, 0.717) is 54.9 Å². The summed E-state index contributed by atoms with van der Waals surface area (Å²) in [5.74, 6) is -1.47. The quantitative estimate of drug-likeness (QED) is 0.298. The summed E-state index contributed by atoms with van der Waals surface area (Å²) >= 11 is 0. The van der Waals surface area contributed by atoms with E-state index < -0.39 is 23.8 Å². The van der Waals surface area contributed by atoms with Crippen LogP contribution in [-0.2, 0) is 22.4 Å². The molecule has 1 unspecified atom stereocenters. The molecule has 2 amide bonds. The Morgan fingerprint density at radius 2 is 1.91 bits per heavy atom. The number of H-pyrrole nitrogens is 1. The highest BCUT2D eigenvalue weighted by atomic mass is 16.5. The molecule has 0 spiro atoms. The molecule has 1 aromatic carbocycles. The van der Waals surface area contributed by atoms with Crippen LogP contribution in [-0.4, -0.2) is 45.5 Å². The van der Waals surface area contributed by atoms with Gasteiger partial charge in [-0.05, 0) is 50.3 Å². The van der Waals surface area contributed by atoms with E-state index in [1.807, 2.05) is 20.8 Å². The molecule has 0 bridgehead atoms. The normalized spacial score (nSPS) is 11.6. The number of hydrogen-bond acceptors (Lipinski definition) is 6. The minimum absolute atomic E-state index is 0.157. The Labute approximate surface area is 204 Å². The van der Waals surface area contributed by atoms with Gasteiger partial charge in [0.1, 0.15) is 17.6 Å². The number of aliphatic carboxylic acids is 1. The average molecular weight is 487 g/mol. The molecule has 1 atom stereocenters. The largest absolute Gasteiger partial charge is 0.493 e. The van der Waals surface area contributed by atoms with Crippen LogP contribution in [0.4, 0.5) is 0 Å². The maximum absolute atomic E-state index is 12.9. The smallest absolute Gasteiger partial charge is 0.326 e. The second-order valence-corrected chi connectivity index (χ2v) is 8.18. The first-order valence-corrected chi connectivity index (χ1v) is 11.9. The van der Waals surface area contributed by atoms with Crippen molar-refractivity contribution < 1.29 is 24.2 Å². The van der Waals surface area contributed by atoms with Gasteiger partial charge in [-0.2, -0.15) is 0 Å². The maximum Gasteiger partial charge on any atom is 0.326 e. The molecule has 0 radical (unpaired) electrons. The fourth-order valence-electron chi connectivity index (χ4n) is 3.67. The number of primary amides is 1. The van der Waals surface area contributed by atoms with Crippen LogP contribution in [0.25, 0.3) is 11.4 Å². The first-order chi connectivity index (χ1) is 16.7. The first-order valence-electron chi connectivity index (χ1n) is 11.9. The molecule has 0 aliphatic carbocycles. The van der Waals surface area contributed by atoms with Gasteiger partial charge in [0, 0.05) is 17.5 Å². The number of carboxylic acid groups (broad SMARTS) is 1. The van der Waals surface area contributed by atoms with E-state index in [2.05, 4.69) is 15.3 Å². The Bertz CT molecular complexity index is 1110. The van der Waals surface area contributed by atoms with Crippen molar-refractivity contribution in [2.75, 3.05) is 6.61 Å². The molecule has 5 N–H and O–H groups in total. The number of aryl methyl sites for hydroxylation is 1. The summed E-state index contributed by atoms with van der Waals surface area (Å²) in [7, 11) is 0. The van der Waals surface area contributed by atoms with Crippen molar-refractivity contribution >= 4 is 17.8 Å². The Morgan fingerprint density at radius 1 is 1.17 bits per heavy atom. The van der Waals surface area contributed by atoms with E-state index in [1.54, 1.807) is 6.07 Å². The summed E-state index contributed by atoms with van der Waals surface area (Å²) < 4.78 is 5.82. The number of benzene rings is 1. The van der Waals surface area contributed by atoms with E-state index in [9.17, 15) is 24.3 Å². The second-order valence-electron chi connectivity index (χ2n) is 8.18. The van der Waals surface area contributed by atoms with Crippen molar-refractivity contribution in [1.29, 1.82) is 0 Å². The van der Waals surface area contributed by atoms with Gasteiger partial charge in [0.05, 0.1) is 17.9 Å². The predicted molar refractivity (Wildman–Crippen MR) is 131 cm³/mol. The van der Waals surface area contributed by atoms with Crippen LogP contribution in [0.3, 0.4) is 0 Å². The molecule has 190 valence electrons. The van der Waals surface area contributed by atoms with Crippen molar-refractivity contribution in [2.45, 2.75) is 71.8 Å². The molecule has 0 aliphatic rings. The molecule has 1 heterocycles. The molecule has 0 fully saturated rings. The number of rotatable bonds is 14. The predicted octanol–water partition coefficient (Wildman–Crippen LogP) is 2.58. The van der Waals surface area contributed by atoms with Gasteiger partial charge in [0.25, 0.3) is 11.5 Å². The number of carboxylic acids is 1. The summed E-state index contributed by atoms with van der Waals surface area (Å²) in [5.41, 5.74) is 6.79. The Balaban J connectivity index is 2.37. The van der Waals surface area contributed by atoms with E-state index in [1.165, 1.54) is 12.1 Å². The number of aromatic amines is 1. The molecule has 2 rings (SSSR count). The number of ether oxygens (including phenoxy) is 1. The summed E-state index contributed by atoms with van der Waals surface area (Å²) in [4.78, 5) is 55.5. The van der Waals surface area contributed by atoms with E-state index >= 15 is 0 Å². The van der Waals surface area contributed by atoms with Gasteiger partial charge in [0.2, 0.25) is 5.91 Å². The van der Waals surface area contributed by atoms with Crippen LogP contribution < -0.4 is 21.3 Å². The number of hydrogen-bond donors (Lipinski definition) is 4. The molecular weight excluding hydrogens is 452 g/mol. The molecular formula is C25H34N4O6. The third kappa shape index (κ3) is 7.66. The number of carbonyl (C=O) groups is 3. The summed E-state index contributed by atoms with van der Waals surface area (Å²) in [6.45, 7) is 6.20. The Morgan fingerprint density at radius 3 is 2.51 bits per heavy atom. The van der Waals surface area contributed by atoms with Gasteiger partial charge >= 0.3 is 5.97 Å². The number of amides is 2. The fourth-order valence-corrected chi connectivity index (χ4v) is 3.67. The van der Waals surface area contributed by atoms with Gasteiger partial charge < -0.3 is 25.9 Å². The van der Waals surface area contributed by atoms with Crippen molar-refractivity contribution in [3.63, 3.8) is 0 Å². The van der Waals surface area contributed by atoms with Crippen molar-refractivity contribution in [3.05, 3.63) is 45.4 Å². The highest BCUT2D eigenvalue weighted by Crippen LogP contribution is 2.29. The number of nitrogens with one attached hydrogen (secondary N) is 2. The lowest BCUT2D eigenvalue weighted by molar-refractivity contribution is -0.139. The van der Waals surface area contributed by atoms with Crippen LogP contribution in [0.15, 0.2) is 23.0 Å². The van der Waals surface area contributed by atoms with Crippen molar-refractivity contribution in [3.8, 4) is 17.1 Å². The SMILES string of the molecule is CCCOc1ccc(C(=O)NC(CCCCC(N)=O)C(=O)O)cc1-c1nc(CC)c(CC)c(=O)[nH]1.